The van der Waals surface area contributed by atoms with Crippen molar-refractivity contribution in [3.05, 3.63) is 0 Å². The summed E-state index contributed by atoms with van der Waals surface area (Å²) in [4.78, 5) is 0. The number of hydrogen-bond acceptors (Lipinski definition) is 4. The first kappa shape index (κ1) is 33.3. The van der Waals surface area contributed by atoms with Crippen LogP contribution in [0.1, 0.15) is 79.1 Å². The predicted molar refractivity (Wildman–Crippen MR) is 158 cm³/mol. The number of nitrogens with one attached hydrogen (secondary N) is 4. The second-order valence-corrected chi connectivity index (χ2v) is 27.2. The molecule has 0 aromatic heterocycles. The van der Waals surface area contributed by atoms with Crippen molar-refractivity contribution in [1.82, 2.24) is 21.3 Å². The molecular formula is C28H62AlInN4. The Balaban J connectivity index is 0.000000342. The average molecular weight is 597 g/mol. The van der Waals surface area contributed by atoms with E-state index in [2.05, 4.69) is 77.2 Å². The van der Waals surface area contributed by atoms with E-state index in [1.165, 1.54) is 77.5 Å². The van der Waals surface area contributed by atoms with Crippen molar-refractivity contribution < 1.29 is 0 Å². The van der Waals surface area contributed by atoms with Crippen LogP contribution in [0, 0.1) is 11.8 Å². The Bertz CT molecular complexity index is 501. The van der Waals surface area contributed by atoms with Crippen molar-refractivity contribution in [3.63, 3.8) is 0 Å². The van der Waals surface area contributed by atoms with Crippen LogP contribution >= 0.6 is 0 Å². The van der Waals surface area contributed by atoms with E-state index in [1.54, 1.807) is 18.9 Å². The van der Waals surface area contributed by atoms with E-state index < -0.39 is 35.6 Å². The molecule has 2 saturated carbocycles. The van der Waals surface area contributed by atoms with Gasteiger partial charge in [-0.3, -0.25) is 0 Å². The fraction of sp³-hybridized carbons (Fsp3) is 1.00. The molecule has 0 bridgehead atoms. The summed E-state index contributed by atoms with van der Waals surface area (Å²) in [7, 11) is 8.54. The van der Waals surface area contributed by atoms with Gasteiger partial charge < -0.3 is 10.6 Å². The van der Waals surface area contributed by atoms with Crippen LogP contribution in [-0.2, 0) is 0 Å². The molecule has 4 nitrogen and oxygen atoms in total. The van der Waals surface area contributed by atoms with Crippen LogP contribution in [0.2, 0.25) is 26.4 Å². The molecule has 4 unspecified atom stereocenters. The molecule has 0 amide bonds. The second kappa shape index (κ2) is 18.5. The van der Waals surface area contributed by atoms with Crippen LogP contribution in [0.15, 0.2) is 0 Å². The molecule has 0 radical (unpaired) electrons. The van der Waals surface area contributed by atoms with Gasteiger partial charge in [-0.25, -0.2) is 0 Å². The van der Waals surface area contributed by atoms with Crippen LogP contribution in [-0.4, -0.2) is 90.0 Å². The summed E-state index contributed by atoms with van der Waals surface area (Å²) in [5.74, 6) is 1.90. The monoisotopic (exact) mass is 596 g/mol. The van der Waals surface area contributed by atoms with Gasteiger partial charge in [0.25, 0.3) is 14.1 Å². The first-order valence-electron chi connectivity index (χ1n) is 15.1. The SMILES string of the molecule is CC[CH2][Al]([CH2]CC)[C]1(CNC)CCCC1CNC.C[CH2][In]([CH2]C)[C]1(CNC)CCCC1CNC. The van der Waals surface area contributed by atoms with Crippen molar-refractivity contribution in [2.45, 2.75) is 105 Å². The summed E-state index contributed by atoms with van der Waals surface area (Å²) in [5.41, 5.74) is 0. The first-order chi connectivity index (χ1) is 16.5. The molecule has 2 aliphatic carbocycles. The van der Waals surface area contributed by atoms with Gasteiger partial charge in [0.15, 0.2) is 0 Å². The Morgan fingerprint density at radius 3 is 1.74 bits per heavy atom. The zero-order valence-electron chi connectivity index (χ0n) is 24.6. The van der Waals surface area contributed by atoms with Crippen LogP contribution in [0.4, 0.5) is 0 Å². The van der Waals surface area contributed by atoms with E-state index in [0.717, 1.165) is 15.0 Å². The van der Waals surface area contributed by atoms with Crippen LogP contribution in [0.25, 0.3) is 0 Å². The molecule has 4 atom stereocenters. The van der Waals surface area contributed by atoms with Crippen molar-refractivity contribution in [2.24, 2.45) is 11.8 Å². The molecule has 6 heteroatoms. The predicted octanol–water partition coefficient (Wildman–Crippen LogP) is 5.78. The normalized spacial score (nSPS) is 28.6. The average Bonchev–Trinajstić information content (AvgIpc) is 3.41. The molecule has 2 fully saturated rings. The summed E-state index contributed by atoms with van der Waals surface area (Å²) >= 11 is -1.98. The van der Waals surface area contributed by atoms with Crippen molar-refractivity contribution in [2.75, 3.05) is 54.4 Å². The van der Waals surface area contributed by atoms with E-state index >= 15 is 0 Å². The summed E-state index contributed by atoms with van der Waals surface area (Å²) in [5, 5.41) is 17.0. The maximum absolute atomic E-state index is 3.54. The molecular weight excluding hydrogens is 534 g/mol. The molecule has 2 rings (SSSR count). The minimum atomic E-state index is -1.35. The standard InChI is InChI=1S/2C9H19N2.2C3H7.2C2H5.Al.In/c2*1-10-6-8-4-3-5-9(8)7-11-2;2*1-3-2;2*1-2;;/h2*8,10-11H,3-7H2,1-2H3;2*1,3H2,2H3;2*1H2,2H3;;. The fourth-order valence-electron chi connectivity index (χ4n) is 8.45. The van der Waals surface area contributed by atoms with Crippen LogP contribution < -0.4 is 21.3 Å². The van der Waals surface area contributed by atoms with E-state index in [9.17, 15) is 0 Å². The van der Waals surface area contributed by atoms with Crippen LogP contribution in [0.3, 0.4) is 0 Å². The van der Waals surface area contributed by atoms with Gasteiger partial charge in [0.05, 0.1) is 0 Å². The second-order valence-electron chi connectivity index (χ2n) is 11.6. The van der Waals surface area contributed by atoms with Gasteiger partial charge >= 0.3 is 110 Å². The van der Waals surface area contributed by atoms with Gasteiger partial charge in [-0.15, -0.1) is 0 Å². The molecule has 0 spiro atoms. The Morgan fingerprint density at radius 1 is 0.706 bits per heavy atom. The van der Waals surface area contributed by atoms with Gasteiger partial charge in [0, 0.05) is 0 Å². The molecule has 0 aromatic rings. The van der Waals surface area contributed by atoms with E-state index in [0.29, 0.717) is 4.28 Å². The van der Waals surface area contributed by atoms with Gasteiger partial charge in [-0.1, -0.05) is 54.4 Å². The molecule has 34 heavy (non-hydrogen) atoms. The Labute approximate surface area is 227 Å². The van der Waals surface area contributed by atoms with Crippen molar-refractivity contribution in [3.8, 4) is 0 Å². The third-order valence-electron chi connectivity index (χ3n) is 9.81. The Kier molecular flexibility index (Phi) is 18.1. The van der Waals surface area contributed by atoms with Gasteiger partial charge in [0.2, 0.25) is 0 Å². The molecule has 2 aliphatic rings. The van der Waals surface area contributed by atoms with E-state index in [1.807, 2.05) is 0 Å². The summed E-state index contributed by atoms with van der Waals surface area (Å²) < 4.78 is 4.55. The molecule has 0 saturated heterocycles. The maximum atomic E-state index is 3.54. The van der Waals surface area contributed by atoms with Gasteiger partial charge in [-0.05, 0) is 39.5 Å². The zero-order chi connectivity index (χ0) is 25.5. The van der Waals surface area contributed by atoms with Crippen molar-refractivity contribution in [1.29, 1.82) is 0 Å². The molecule has 0 aromatic carbocycles. The fourth-order valence-corrected chi connectivity index (χ4v) is 25.5. The Hall–Kier alpha value is 1.24. The molecule has 4 N–H and O–H groups in total. The third-order valence-corrected chi connectivity index (χ3v) is 28.0. The number of rotatable bonds is 16. The summed E-state index contributed by atoms with van der Waals surface area (Å²) in [6.45, 7) is 14.7. The van der Waals surface area contributed by atoms with Crippen molar-refractivity contribution >= 4 is 35.6 Å². The first-order valence-corrected chi connectivity index (χ1v) is 23.6. The Morgan fingerprint density at radius 2 is 1.24 bits per heavy atom. The number of hydrogen-bond donors (Lipinski definition) is 4. The van der Waals surface area contributed by atoms with E-state index in [-0.39, 0.29) is 0 Å². The quantitative estimate of drug-likeness (QED) is 0.171. The molecule has 0 heterocycles. The summed E-state index contributed by atoms with van der Waals surface area (Å²) in [6.07, 6.45) is 11.7. The molecule has 0 aliphatic heterocycles. The van der Waals surface area contributed by atoms with E-state index in [4.69, 9.17) is 0 Å². The summed E-state index contributed by atoms with van der Waals surface area (Å²) in [6, 6.07) is 0. The zero-order valence-corrected chi connectivity index (χ0v) is 29.1. The van der Waals surface area contributed by atoms with Gasteiger partial charge in [0.1, 0.15) is 0 Å². The third kappa shape index (κ3) is 8.64. The van der Waals surface area contributed by atoms with Gasteiger partial charge in [-0.2, -0.15) is 0 Å². The minimum absolute atomic E-state index is 0.632. The molecule has 200 valence electrons. The topological polar surface area (TPSA) is 48.1 Å². The van der Waals surface area contributed by atoms with Crippen LogP contribution in [0.5, 0.6) is 0 Å².